The fourth-order valence-electron chi connectivity index (χ4n) is 3.43. The topological polar surface area (TPSA) is 41.6 Å². The SMILES string of the molecule is O=C(OCc1ccccc1)N1c2ccccc2NCC1Cc1ccccc1. The second kappa shape index (κ2) is 7.96. The molecule has 1 aliphatic rings. The molecule has 0 saturated heterocycles. The molecule has 0 aromatic heterocycles. The van der Waals surface area contributed by atoms with Gasteiger partial charge in [0, 0.05) is 6.54 Å². The Hall–Kier alpha value is -3.27. The molecule has 27 heavy (non-hydrogen) atoms. The van der Waals surface area contributed by atoms with Crippen molar-refractivity contribution in [2.24, 2.45) is 0 Å². The van der Waals surface area contributed by atoms with Crippen LogP contribution in [0.1, 0.15) is 11.1 Å². The zero-order chi connectivity index (χ0) is 18.5. The third kappa shape index (κ3) is 3.95. The predicted molar refractivity (Wildman–Crippen MR) is 108 cm³/mol. The number of ether oxygens (including phenoxy) is 1. The van der Waals surface area contributed by atoms with Crippen LogP contribution < -0.4 is 10.2 Å². The number of hydrogen-bond donors (Lipinski definition) is 1. The lowest BCUT2D eigenvalue weighted by Gasteiger charge is -2.37. The highest BCUT2D eigenvalue weighted by Gasteiger charge is 2.32. The molecule has 3 aromatic carbocycles. The van der Waals surface area contributed by atoms with Crippen LogP contribution in [0.4, 0.5) is 16.2 Å². The molecule has 136 valence electrons. The van der Waals surface area contributed by atoms with Crippen molar-refractivity contribution in [3.63, 3.8) is 0 Å². The van der Waals surface area contributed by atoms with E-state index in [1.165, 1.54) is 5.56 Å². The molecule has 0 fully saturated rings. The lowest BCUT2D eigenvalue weighted by atomic mass is 10.0. The van der Waals surface area contributed by atoms with E-state index >= 15 is 0 Å². The first-order chi connectivity index (χ1) is 13.3. The van der Waals surface area contributed by atoms with Gasteiger partial charge in [-0.25, -0.2) is 4.79 Å². The fourth-order valence-corrected chi connectivity index (χ4v) is 3.43. The second-order valence-electron chi connectivity index (χ2n) is 6.65. The van der Waals surface area contributed by atoms with Crippen molar-refractivity contribution in [2.75, 3.05) is 16.8 Å². The van der Waals surface area contributed by atoms with Gasteiger partial charge >= 0.3 is 6.09 Å². The average Bonchev–Trinajstić information content (AvgIpc) is 2.73. The number of nitrogens with one attached hydrogen (secondary N) is 1. The van der Waals surface area contributed by atoms with E-state index in [-0.39, 0.29) is 18.7 Å². The highest BCUT2D eigenvalue weighted by atomic mass is 16.6. The van der Waals surface area contributed by atoms with Gasteiger partial charge in [-0.05, 0) is 29.7 Å². The molecule has 3 aromatic rings. The number of rotatable bonds is 4. The maximum Gasteiger partial charge on any atom is 0.415 e. The Morgan fingerprint density at radius 1 is 0.889 bits per heavy atom. The summed E-state index contributed by atoms with van der Waals surface area (Å²) in [4.78, 5) is 14.8. The van der Waals surface area contributed by atoms with E-state index in [1.54, 1.807) is 4.90 Å². The second-order valence-corrected chi connectivity index (χ2v) is 6.65. The number of para-hydroxylation sites is 2. The summed E-state index contributed by atoms with van der Waals surface area (Å²) in [5, 5.41) is 3.44. The summed E-state index contributed by atoms with van der Waals surface area (Å²) in [5.74, 6) is 0. The van der Waals surface area contributed by atoms with E-state index in [1.807, 2.05) is 72.8 Å². The Bertz CT molecular complexity index is 897. The van der Waals surface area contributed by atoms with Crippen LogP contribution in [0.2, 0.25) is 0 Å². The molecule has 1 amide bonds. The molecule has 1 atom stereocenters. The molecule has 0 spiro atoms. The van der Waals surface area contributed by atoms with Crippen LogP contribution >= 0.6 is 0 Å². The smallest absolute Gasteiger partial charge is 0.415 e. The molecular weight excluding hydrogens is 336 g/mol. The Morgan fingerprint density at radius 3 is 2.26 bits per heavy atom. The van der Waals surface area contributed by atoms with Gasteiger partial charge < -0.3 is 10.1 Å². The molecule has 1 N–H and O–H groups in total. The van der Waals surface area contributed by atoms with Crippen molar-refractivity contribution in [2.45, 2.75) is 19.1 Å². The Morgan fingerprint density at radius 2 is 1.52 bits per heavy atom. The normalized spacial score (nSPS) is 15.6. The number of nitrogens with zero attached hydrogens (tertiary/aromatic N) is 1. The van der Waals surface area contributed by atoms with E-state index in [9.17, 15) is 4.79 Å². The van der Waals surface area contributed by atoms with Crippen molar-refractivity contribution >= 4 is 17.5 Å². The minimum absolute atomic E-state index is 0.00873. The summed E-state index contributed by atoms with van der Waals surface area (Å²) in [7, 11) is 0. The molecule has 1 unspecified atom stereocenters. The number of benzene rings is 3. The van der Waals surface area contributed by atoms with E-state index in [2.05, 4.69) is 17.4 Å². The van der Waals surface area contributed by atoms with Crippen molar-refractivity contribution in [3.05, 3.63) is 96.1 Å². The lowest BCUT2D eigenvalue weighted by Crippen LogP contribution is -2.49. The van der Waals surface area contributed by atoms with E-state index in [4.69, 9.17) is 4.74 Å². The zero-order valence-corrected chi connectivity index (χ0v) is 15.0. The zero-order valence-electron chi connectivity index (χ0n) is 15.0. The van der Waals surface area contributed by atoms with Gasteiger partial charge in [-0.3, -0.25) is 4.90 Å². The van der Waals surface area contributed by atoms with Gasteiger partial charge in [0.2, 0.25) is 0 Å². The van der Waals surface area contributed by atoms with Gasteiger partial charge in [-0.1, -0.05) is 72.8 Å². The standard InChI is InChI=1S/C23H22N2O2/c26-23(27-17-19-11-5-2-6-12-19)25-20(15-18-9-3-1-4-10-18)16-24-21-13-7-8-14-22(21)25/h1-14,20,24H,15-17H2. The highest BCUT2D eigenvalue weighted by molar-refractivity contribution is 5.94. The number of hydrogen-bond acceptors (Lipinski definition) is 3. The average molecular weight is 358 g/mol. The van der Waals surface area contributed by atoms with Gasteiger partial charge in [0.05, 0.1) is 17.4 Å². The largest absolute Gasteiger partial charge is 0.444 e. The molecule has 4 rings (SSSR count). The lowest BCUT2D eigenvalue weighted by molar-refractivity contribution is 0.144. The Labute approximate surface area is 159 Å². The van der Waals surface area contributed by atoms with Gasteiger partial charge in [0.1, 0.15) is 6.61 Å². The van der Waals surface area contributed by atoms with Crippen LogP contribution in [0.15, 0.2) is 84.9 Å². The Kier molecular flexibility index (Phi) is 5.06. The van der Waals surface area contributed by atoms with Crippen LogP contribution in [-0.2, 0) is 17.8 Å². The summed E-state index contributed by atoms with van der Waals surface area (Å²) < 4.78 is 5.65. The first-order valence-electron chi connectivity index (χ1n) is 9.18. The summed E-state index contributed by atoms with van der Waals surface area (Å²) in [6.07, 6.45) is 0.455. The van der Waals surface area contributed by atoms with Crippen LogP contribution in [0.3, 0.4) is 0 Å². The first kappa shape index (κ1) is 17.2. The highest BCUT2D eigenvalue weighted by Crippen LogP contribution is 2.33. The van der Waals surface area contributed by atoms with Crippen molar-refractivity contribution in [1.82, 2.24) is 0 Å². The summed E-state index contributed by atoms with van der Waals surface area (Å²) in [6.45, 7) is 0.955. The molecule has 0 aliphatic carbocycles. The van der Waals surface area contributed by atoms with Crippen molar-refractivity contribution in [1.29, 1.82) is 0 Å². The minimum Gasteiger partial charge on any atom is -0.444 e. The van der Waals surface area contributed by atoms with Crippen molar-refractivity contribution < 1.29 is 9.53 Å². The van der Waals surface area contributed by atoms with Crippen LogP contribution in [0, 0.1) is 0 Å². The molecule has 0 radical (unpaired) electrons. The number of fused-ring (bicyclic) bond motifs is 1. The van der Waals surface area contributed by atoms with E-state index in [0.717, 1.165) is 23.4 Å². The monoisotopic (exact) mass is 358 g/mol. The van der Waals surface area contributed by atoms with E-state index in [0.29, 0.717) is 6.54 Å². The Balaban J connectivity index is 1.56. The maximum absolute atomic E-state index is 13.0. The van der Waals surface area contributed by atoms with Crippen LogP contribution in [0.25, 0.3) is 0 Å². The number of carbonyl (C=O) groups is 1. The molecular formula is C23H22N2O2. The molecule has 0 bridgehead atoms. The van der Waals surface area contributed by atoms with E-state index < -0.39 is 0 Å². The predicted octanol–water partition coefficient (Wildman–Crippen LogP) is 4.87. The third-order valence-electron chi connectivity index (χ3n) is 4.77. The minimum atomic E-state index is -0.311. The summed E-state index contributed by atoms with van der Waals surface area (Å²) >= 11 is 0. The van der Waals surface area contributed by atoms with Gasteiger partial charge in [0.15, 0.2) is 0 Å². The van der Waals surface area contributed by atoms with Crippen LogP contribution in [-0.4, -0.2) is 18.7 Å². The molecule has 4 nitrogen and oxygen atoms in total. The summed E-state index contributed by atoms with van der Waals surface area (Å²) in [5.41, 5.74) is 4.00. The first-order valence-corrected chi connectivity index (χ1v) is 9.18. The summed E-state index contributed by atoms with van der Waals surface area (Å²) in [6, 6.07) is 27.9. The van der Waals surface area contributed by atoms with Crippen LogP contribution in [0.5, 0.6) is 0 Å². The quantitative estimate of drug-likeness (QED) is 0.724. The number of carbonyl (C=O) groups excluding carboxylic acids is 1. The third-order valence-corrected chi connectivity index (χ3v) is 4.77. The molecule has 1 aliphatic heterocycles. The fraction of sp³-hybridized carbons (Fsp3) is 0.174. The van der Waals surface area contributed by atoms with Crippen molar-refractivity contribution in [3.8, 4) is 0 Å². The molecule has 0 saturated carbocycles. The van der Waals surface area contributed by atoms with Gasteiger partial charge in [-0.15, -0.1) is 0 Å². The van der Waals surface area contributed by atoms with Gasteiger partial charge in [-0.2, -0.15) is 0 Å². The number of anilines is 2. The molecule has 1 heterocycles. The van der Waals surface area contributed by atoms with Gasteiger partial charge in [0.25, 0.3) is 0 Å². The maximum atomic E-state index is 13.0. The number of amides is 1. The molecule has 4 heteroatoms.